The molecule has 1 heterocycles. The molecule has 1 aromatic rings. The van der Waals surface area contributed by atoms with Crippen molar-refractivity contribution in [3.05, 3.63) is 23.3 Å². The number of anilines is 1. The Balaban J connectivity index is 2.59. The molecule has 0 saturated carbocycles. The molecule has 0 radical (unpaired) electrons. The lowest BCUT2D eigenvalue weighted by atomic mass is 9.74. The van der Waals surface area contributed by atoms with Gasteiger partial charge in [-0.15, -0.1) is 0 Å². The molecule has 0 aliphatic carbocycles. The van der Waals surface area contributed by atoms with E-state index in [2.05, 4.69) is 4.74 Å². The first-order valence-corrected chi connectivity index (χ1v) is 7.25. The third-order valence-electron chi connectivity index (χ3n) is 4.44. The van der Waals surface area contributed by atoms with Gasteiger partial charge in [-0.1, -0.05) is 0 Å². The van der Waals surface area contributed by atoms with Crippen LogP contribution in [0.5, 0.6) is 0 Å². The average molecular weight is 345 g/mol. The number of benzene rings is 1. The van der Waals surface area contributed by atoms with Gasteiger partial charge in [0, 0.05) is 5.69 Å². The van der Waals surface area contributed by atoms with Gasteiger partial charge in [-0.3, -0.25) is 0 Å². The number of methoxy groups -OCH3 is 1. The number of hydrogen-bond donors (Lipinski definition) is 1. The number of carbonyl (C=O) groups is 1. The highest BCUT2D eigenvalue weighted by Gasteiger charge is 2.53. The normalized spacial score (nSPS) is 19.4. The third kappa shape index (κ3) is 3.10. The number of hydrogen-bond acceptors (Lipinski definition) is 5. The van der Waals surface area contributed by atoms with Gasteiger partial charge in [0.2, 0.25) is 0 Å². The number of esters is 1. The van der Waals surface area contributed by atoms with Crippen molar-refractivity contribution in [2.24, 2.45) is 0 Å². The molecule has 1 aromatic carbocycles. The molecule has 0 amide bonds. The predicted molar refractivity (Wildman–Crippen MR) is 82.9 cm³/mol. The maximum Gasteiger partial charge on any atom is 0.495 e. The van der Waals surface area contributed by atoms with Crippen LogP contribution in [-0.2, 0) is 20.2 Å². The lowest BCUT2D eigenvalue weighted by Gasteiger charge is -2.32. The Kier molecular flexibility index (Phi) is 4.39. The molecular weight excluding hydrogens is 326 g/mol. The monoisotopic (exact) mass is 345 g/mol. The summed E-state index contributed by atoms with van der Waals surface area (Å²) in [5.41, 5.74) is 2.30. The molecule has 1 aliphatic heterocycles. The van der Waals surface area contributed by atoms with Crippen LogP contribution in [0.1, 0.15) is 43.6 Å². The minimum absolute atomic E-state index is 0.139. The van der Waals surface area contributed by atoms with Gasteiger partial charge in [0.1, 0.15) is 0 Å². The van der Waals surface area contributed by atoms with Gasteiger partial charge in [-0.05, 0) is 45.3 Å². The number of carbonyl (C=O) groups excluding carboxylic acids is 1. The second-order valence-corrected chi connectivity index (χ2v) is 6.60. The number of ether oxygens (including phenoxy) is 1. The van der Waals surface area contributed by atoms with Crippen LogP contribution < -0.4 is 11.2 Å². The molecule has 0 bridgehead atoms. The number of nitrogen functional groups attached to an aromatic ring is 1. The molecule has 9 heteroatoms. The second-order valence-electron chi connectivity index (χ2n) is 6.60. The molecule has 2 N–H and O–H groups in total. The van der Waals surface area contributed by atoms with Crippen molar-refractivity contribution < 1.29 is 32.0 Å². The van der Waals surface area contributed by atoms with Crippen LogP contribution in [0.2, 0.25) is 0 Å². The summed E-state index contributed by atoms with van der Waals surface area (Å²) < 4.78 is 56.2. The van der Waals surface area contributed by atoms with Crippen molar-refractivity contribution in [1.29, 1.82) is 0 Å². The quantitative estimate of drug-likeness (QED) is 0.506. The summed E-state index contributed by atoms with van der Waals surface area (Å²) in [7, 11) is -0.183. The zero-order valence-corrected chi connectivity index (χ0v) is 14.1. The van der Waals surface area contributed by atoms with Crippen molar-refractivity contribution in [3.8, 4) is 0 Å². The summed E-state index contributed by atoms with van der Waals surface area (Å²) in [5.74, 6) is -0.946. The standard InChI is InChI=1S/C15H19BF3NO4/c1-13(2)14(3,4)24-16(23-13)10-7-11(20)8(12(21)22-5)6-9(10)15(17,18)19/h6-7H,20H2,1-5H3. The Morgan fingerprint density at radius 1 is 1.17 bits per heavy atom. The molecule has 0 atom stereocenters. The largest absolute Gasteiger partial charge is 0.495 e. The molecule has 24 heavy (non-hydrogen) atoms. The van der Waals surface area contributed by atoms with E-state index in [0.29, 0.717) is 6.07 Å². The average Bonchev–Trinajstić information content (AvgIpc) is 2.65. The molecule has 0 unspecified atom stereocenters. The van der Waals surface area contributed by atoms with Gasteiger partial charge >= 0.3 is 19.3 Å². The van der Waals surface area contributed by atoms with E-state index in [4.69, 9.17) is 15.0 Å². The predicted octanol–water partition coefficient (Wildman–Crippen LogP) is 2.37. The molecule has 0 spiro atoms. The Labute approximate surface area is 138 Å². The highest BCUT2D eigenvalue weighted by Crippen LogP contribution is 2.38. The highest BCUT2D eigenvalue weighted by atomic mass is 19.4. The van der Waals surface area contributed by atoms with Gasteiger partial charge in [0.25, 0.3) is 0 Å². The molecular formula is C15H19BF3NO4. The fraction of sp³-hybridized carbons (Fsp3) is 0.533. The summed E-state index contributed by atoms with van der Waals surface area (Å²) in [6.07, 6.45) is -4.71. The van der Waals surface area contributed by atoms with Gasteiger partial charge < -0.3 is 19.8 Å². The van der Waals surface area contributed by atoms with E-state index in [0.717, 1.165) is 13.2 Å². The highest BCUT2D eigenvalue weighted by molar-refractivity contribution is 6.63. The minimum atomic E-state index is -4.71. The van der Waals surface area contributed by atoms with E-state index in [1.807, 2.05) is 0 Å². The maximum absolute atomic E-state index is 13.5. The first kappa shape index (κ1) is 18.6. The number of alkyl halides is 3. The lowest BCUT2D eigenvalue weighted by Crippen LogP contribution is -2.41. The number of rotatable bonds is 2. The Bertz CT molecular complexity index is 657. The SMILES string of the molecule is COC(=O)c1cc(C(F)(F)F)c(B2OC(C)(C)C(C)(C)O2)cc1N. The van der Waals surface area contributed by atoms with Crippen LogP contribution in [0, 0.1) is 0 Å². The van der Waals surface area contributed by atoms with Crippen LogP contribution in [0.4, 0.5) is 18.9 Å². The fourth-order valence-corrected chi connectivity index (χ4v) is 2.33. The van der Waals surface area contributed by atoms with E-state index < -0.39 is 36.0 Å². The molecule has 1 fully saturated rings. The van der Waals surface area contributed by atoms with Gasteiger partial charge in [-0.2, -0.15) is 13.2 Å². The van der Waals surface area contributed by atoms with Crippen LogP contribution in [-0.4, -0.2) is 31.4 Å². The smallest absolute Gasteiger partial charge is 0.465 e. The van der Waals surface area contributed by atoms with Gasteiger partial charge in [0.15, 0.2) is 0 Å². The molecule has 0 aromatic heterocycles. The van der Waals surface area contributed by atoms with Crippen LogP contribution in [0.25, 0.3) is 0 Å². The summed E-state index contributed by atoms with van der Waals surface area (Å²) in [4.78, 5) is 11.6. The maximum atomic E-state index is 13.5. The van der Waals surface area contributed by atoms with Gasteiger partial charge in [-0.25, -0.2) is 4.79 Å². The van der Waals surface area contributed by atoms with Crippen molar-refractivity contribution >= 4 is 24.2 Å². The zero-order chi connectivity index (χ0) is 18.5. The zero-order valence-electron chi connectivity index (χ0n) is 14.1. The summed E-state index contributed by atoms with van der Waals surface area (Å²) in [6, 6.07) is 1.72. The van der Waals surface area contributed by atoms with E-state index in [1.54, 1.807) is 27.7 Å². The van der Waals surface area contributed by atoms with E-state index in [-0.39, 0.29) is 16.7 Å². The number of nitrogens with two attached hydrogens (primary N) is 1. The fourth-order valence-electron chi connectivity index (χ4n) is 2.33. The van der Waals surface area contributed by atoms with Crippen molar-refractivity contribution in [3.63, 3.8) is 0 Å². The van der Waals surface area contributed by atoms with Crippen molar-refractivity contribution in [2.75, 3.05) is 12.8 Å². The Morgan fingerprint density at radius 3 is 2.08 bits per heavy atom. The number of halogens is 3. The molecule has 1 saturated heterocycles. The first-order chi connectivity index (χ1) is 10.8. The van der Waals surface area contributed by atoms with E-state index >= 15 is 0 Å². The molecule has 5 nitrogen and oxygen atoms in total. The first-order valence-electron chi connectivity index (χ1n) is 7.25. The van der Waals surface area contributed by atoms with Crippen LogP contribution in [0.15, 0.2) is 12.1 Å². The third-order valence-corrected chi connectivity index (χ3v) is 4.44. The lowest BCUT2D eigenvalue weighted by molar-refractivity contribution is -0.136. The summed E-state index contributed by atoms with van der Waals surface area (Å²) >= 11 is 0. The van der Waals surface area contributed by atoms with Crippen LogP contribution >= 0.6 is 0 Å². The Morgan fingerprint density at radius 2 is 1.67 bits per heavy atom. The van der Waals surface area contributed by atoms with Crippen LogP contribution in [0.3, 0.4) is 0 Å². The van der Waals surface area contributed by atoms with Gasteiger partial charge in [0.05, 0.1) is 29.4 Å². The molecule has 1 aliphatic rings. The Hall–Kier alpha value is -1.74. The second kappa shape index (κ2) is 5.66. The van der Waals surface area contributed by atoms with Crippen molar-refractivity contribution in [2.45, 2.75) is 45.1 Å². The topological polar surface area (TPSA) is 70.8 Å². The van der Waals surface area contributed by atoms with E-state index in [1.165, 1.54) is 0 Å². The minimum Gasteiger partial charge on any atom is -0.465 e. The molecule has 2 rings (SSSR count). The van der Waals surface area contributed by atoms with Crippen molar-refractivity contribution in [1.82, 2.24) is 0 Å². The summed E-state index contributed by atoms with van der Waals surface area (Å²) in [5, 5.41) is 0. The summed E-state index contributed by atoms with van der Waals surface area (Å²) in [6.45, 7) is 6.91. The van der Waals surface area contributed by atoms with E-state index in [9.17, 15) is 18.0 Å². The molecule has 132 valence electrons.